The summed E-state index contributed by atoms with van der Waals surface area (Å²) in [5.74, 6) is 0. The van der Waals surface area contributed by atoms with Crippen LogP contribution in [0.2, 0.25) is 0 Å². The minimum atomic E-state index is -0.457. The fourth-order valence-electron chi connectivity index (χ4n) is 2.64. The number of nitro benzene ring substituents is 1. The van der Waals surface area contributed by atoms with Crippen LogP contribution in [-0.4, -0.2) is 22.0 Å². The highest BCUT2D eigenvalue weighted by molar-refractivity contribution is 5.84. The van der Waals surface area contributed by atoms with E-state index in [0.29, 0.717) is 11.6 Å². The second kappa shape index (κ2) is 5.09. The van der Waals surface area contributed by atoms with E-state index in [2.05, 4.69) is 10.3 Å². The minimum Gasteiger partial charge on any atom is -0.423 e. The van der Waals surface area contributed by atoms with E-state index in [-0.39, 0.29) is 23.3 Å². The van der Waals surface area contributed by atoms with E-state index in [1.165, 1.54) is 6.07 Å². The zero-order valence-corrected chi connectivity index (χ0v) is 10.9. The van der Waals surface area contributed by atoms with Gasteiger partial charge < -0.3 is 15.5 Å². The lowest BCUT2D eigenvalue weighted by atomic mass is 9.91. The summed E-state index contributed by atoms with van der Waals surface area (Å²) in [4.78, 5) is 14.7. The molecule has 0 bridgehead atoms. The molecule has 0 amide bonds. The third-order valence-corrected chi connectivity index (χ3v) is 3.72. The van der Waals surface area contributed by atoms with Crippen molar-refractivity contribution in [3.05, 3.63) is 28.3 Å². The fourth-order valence-corrected chi connectivity index (χ4v) is 2.64. The van der Waals surface area contributed by atoms with Gasteiger partial charge in [-0.15, -0.1) is 0 Å². The highest BCUT2D eigenvalue weighted by Crippen LogP contribution is 2.28. The zero-order valence-electron chi connectivity index (χ0n) is 10.9. The van der Waals surface area contributed by atoms with Crippen molar-refractivity contribution in [2.45, 2.75) is 37.8 Å². The van der Waals surface area contributed by atoms with Crippen molar-refractivity contribution in [1.82, 2.24) is 4.98 Å². The van der Waals surface area contributed by atoms with Gasteiger partial charge in [-0.1, -0.05) is 18.9 Å². The molecule has 0 aliphatic heterocycles. The summed E-state index contributed by atoms with van der Waals surface area (Å²) in [5.41, 5.74) is 6.69. The zero-order chi connectivity index (χ0) is 14.1. The lowest BCUT2D eigenvalue weighted by molar-refractivity contribution is -0.383. The van der Waals surface area contributed by atoms with E-state index in [1.54, 1.807) is 12.1 Å². The van der Waals surface area contributed by atoms with Crippen LogP contribution in [0.25, 0.3) is 11.1 Å². The van der Waals surface area contributed by atoms with Crippen LogP contribution in [0.1, 0.15) is 25.7 Å². The predicted octanol–water partition coefficient (Wildman–Crippen LogP) is 2.42. The lowest BCUT2D eigenvalue weighted by Crippen LogP contribution is -2.42. The van der Waals surface area contributed by atoms with E-state index >= 15 is 0 Å². The Labute approximate surface area is 115 Å². The molecule has 2 unspecified atom stereocenters. The summed E-state index contributed by atoms with van der Waals surface area (Å²) >= 11 is 0. The maximum Gasteiger partial charge on any atom is 0.298 e. The molecule has 0 radical (unpaired) electrons. The Balaban J connectivity index is 1.89. The third kappa shape index (κ3) is 2.32. The molecule has 1 heterocycles. The molecule has 1 aliphatic carbocycles. The average molecular weight is 276 g/mol. The quantitative estimate of drug-likeness (QED) is 0.658. The number of nitrogens with one attached hydrogen (secondary N) is 1. The summed E-state index contributed by atoms with van der Waals surface area (Å²) in [7, 11) is 0. The van der Waals surface area contributed by atoms with Crippen molar-refractivity contribution in [2.75, 3.05) is 5.32 Å². The number of hydrogen-bond acceptors (Lipinski definition) is 6. The molecular formula is C13H16N4O3. The molecule has 7 heteroatoms. The number of rotatable bonds is 3. The molecule has 1 aliphatic rings. The van der Waals surface area contributed by atoms with Gasteiger partial charge in [0, 0.05) is 18.2 Å². The van der Waals surface area contributed by atoms with Crippen LogP contribution in [0.3, 0.4) is 0 Å². The molecule has 7 nitrogen and oxygen atoms in total. The molecule has 106 valence electrons. The molecule has 1 saturated carbocycles. The first-order valence-corrected chi connectivity index (χ1v) is 6.71. The number of hydrogen-bond donors (Lipinski definition) is 2. The number of aromatic nitrogens is 1. The third-order valence-electron chi connectivity index (χ3n) is 3.72. The second-order valence-corrected chi connectivity index (χ2v) is 5.10. The standard InChI is InChI=1S/C13H16N4O3/c14-8-4-1-2-5-9(8)15-13-16-12-10(17(18)19)6-3-7-11(12)20-13/h3,6-9H,1-2,4-5,14H2,(H,15,16). The van der Waals surface area contributed by atoms with E-state index in [9.17, 15) is 10.1 Å². The first-order chi connectivity index (χ1) is 9.65. The number of oxazole rings is 1. The Morgan fingerprint density at radius 2 is 2.20 bits per heavy atom. The number of nitrogens with zero attached hydrogens (tertiary/aromatic N) is 2. The van der Waals surface area contributed by atoms with Crippen LogP contribution in [0.4, 0.5) is 11.7 Å². The Morgan fingerprint density at radius 3 is 2.95 bits per heavy atom. The summed E-state index contributed by atoms with van der Waals surface area (Å²) in [5, 5.41) is 14.1. The molecule has 2 aromatic rings. The van der Waals surface area contributed by atoms with Crippen molar-refractivity contribution >= 4 is 22.8 Å². The van der Waals surface area contributed by atoms with E-state index in [1.807, 2.05) is 0 Å². The maximum atomic E-state index is 10.9. The number of nitro groups is 1. The molecule has 0 spiro atoms. The van der Waals surface area contributed by atoms with E-state index < -0.39 is 4.92 Å². The molecular weight excluding hydrogens is 260 g/mol. The maximum absolute atomic E-state index is 10.9. The molecule has 20 heavy (non-hydrogen) atoms. The van der Waals surface area contributed by atoms with Gasteiger partial charge in [-0.2, -0.15) is 4.98 Å². The van der Waals surface area contributed by atoms with Crippen LogP contribution in [0.15, 0.2) is 22.6 Å². The Kier molecular flexibility index (Phi) is 3.27. The van der Waals surface area contributed by atoms with Crippen molar-refractivity contribution in [3.8, 4) is 0 Å². The van der Waals surface area contributed by atoms with Crippen LogP contribution in [0.5, 0.6) is 0 Å². The Morgan fingerprint density at radius 1 is 1.40 bits per heavy atom. The normalized spacial score (nSPS) is 22.9. The van der Waals surface area contributed by atoms with Gasteiger partial charge in [-0.05, 0) is 18.9 Å². The average Bonchev–Trinajstić information content (AvgIpc) is 2.83. The topological polar surface area (TPSA) is 107 Å². The molecule has 0 saturated heterocycles. The fraction of sp³-hybridized carbons (Fsp3) is 0.462. The van der Waals surface area contributed by atoms with Crippen LogP contribution < -0.4 is 11.1 Å². The first-order valence-electron chi connectivity index (χ1n) is 6.71. The smallest absolute Gasteiger partial charge is 0.298 e. The second-order valence-electron chi connectivity index (χ2n) is 5.10. The van der Waals surface area contributed by atoms with Gasteiger partial charge >= 0.3 is 0 Å². The highest BCUT2D eigenvalue weighted by Gasteiger charge is 2.24. The van der Waals surface area contributed by atoms with Gasteiger partial charge in [-0.25, -0.2) is 0 Å². The Bertz CT molecular complexity index is 640. The molecule has 1 fully saturated rings. The highest BCUT2D eigenvalue weighted by atomic mass is 16.6. The number of non-ortho nitro benzene ring substituents is 1. The van der Waals surface area contributed by atoms with E-state index in [4.69, 9.17) is 10.2 Å². The van der Waals surface area contributed by atoms with Crippen molar-refractivity contribution in [3.63, 3.8) is 0 Å². The van der Waals surface area contributed by atoms with Gasteiger partial charge in [0.2, 0.25) is 0 Å². The number of nitrogens with two attached hydrogens (primary N) is 1. The van der Waals surface area contributed by atoms with Crippen LogP contribution in [-0.2, 0) is 0 Å². The molecule has 1 aromatic carbocycles. The van der Waals surface area contributed by atoms with Crippen molar-refractivity contribution in [1.29, 1.82) is 0 Å². The van der Waals surface area contributed by atoms with Crippen molar-refractivity contribution < 1.29 is 9.34 Å². The lowest BCUT2D eigenvalue weighted by Gasteiger charge is -2.28. The van der Waals surface area contributed by atoms with Crippen LogP contribution in [0, 0.1) is 10.1 Å². The summed E-state index contributed by atoms with van der Waals surface area (Å²) in [6.07, 6.45) is 4.18. The predicted molar refractivity (Wildman–Crippen MR) is 74.5 cm³/mol. The molecule has 1 aromatic heterocycles. The number of anilines is 1. The monoisotopic (exact) mass is 276 g/mol. The summed E-state index contributed by atoms with van der Waals surface area (Å²) in [6, 6.07) is 5.14. The van der Waals surface area contributed by atoms with Gasteiger partial charge in [-0.3, -0.25) is 10.1 Å². The first kappa shape index (κ1) is 12.9. The number of fused-ring (bicyclic) bond motifs is 1. The SMILES string of the molecule is NC1CCCCC1Nc1nc2c([N+](=O)[O-])cccc2o1. The summed E-state index contributed by atoms with van der Waals surface area (Å²) < 4.78 is 5.53. The molecule has 2 atom stereocenters. The van der Waals surface area contributed by atoms with Gasteiger partial charge in [0.05, 0.1) is 4.92 Å². The van der Waals surface area contributed by atoms with Crippen LogP contribution >= 0.6 is 0 Å². The minimum absolute atomic E-state index is 0.0488. The molecule has 3 N–H and O–H groups in total. The molecule has 3 rings (SSSR count). The Hall–Kier alpha value is -2.15. The van der Waals surface area contributed by atoms with Gasteiger partial charge in [0.15, 0.2) is 11.1 Å². The summed E-state index contributed by atoms with van der Waals surface area (Å²) in [6.45, 7) is 0. The number of para-hydroxylation sites is 1. The van der Waals surface area contributed by atoms with Gasteiger partial charge in [0.25, 0.3) is 11.7 Å². The number of benzene rings is 1. The van der Waals surface area contributed by atoms with Gasteiger partial charge in [0.1, 0.15) is 0 Å². The largest absolute Gasteiger partial charge is 0.423 e. The van der Waals surface area contributed by atoms with Crippen molar-refractivity contribution in [2.24, 2.45) is 5.73 Å². The van der Waals surface area contributed by atoms with E-state index in [0.717, 1.165) is 25.7 Å².